The van der Waals surface area contributed by atoms with E-state index in [2.05, 4.69) is 26.3 Å². The van der Waals surface area contributed by atoms with Crippen LogP contribution in [0, 0.1) is 17.8 Å². The number of β-amino-alcohol motifs (C(OH)–C–C–N with tert-alkyl or cyclic N) is 1. The summed E-state index contributed by atoms with van der Waals surface area (Å²) >= 11 is 0. The second kappa shape index (κ2) is 7.19. The number of hydrogen-bond acceptors (Lipinski definition) is 5. The van der Waals surface area contributed by atoms with E-state index in [1.54, 1.807) is 11.8 Å². The van der Waals surface area contributed by atoms with Gasteiger partial charge in [0.2, 0.25) is 0 Å². The van der Waals surface area contributed by atoms with Crippen molar-refractivity contribution in [3.05, 3.63) is 23.4 Å². The van der Waals surface area contributed by atoms with Crippen LogP contribution < -0.4 is 10.2 Å². The van der Waals surface area contributed by atoms with Gasteiger partial charge in [-0.05, 0) is 43.4 Å². The average Bonchev–Trinajstić information content (AvgIpc) is 3.33. The number of rotatable bonds is 5. The van der Waals surface area contributed by atoms with E-state index >= 15 is 0 Å². The number of aliphatic hydroxyl groups excluding tert-OH is 1. The molecule has 7 nitrogen and oxygen atoms in total. The molecule has 0 spiro atoms. The maximum atomic E-state index is 13.2. The second-order valence-electron chi connectivity index (χ2n) is 8.96. The van der Waals surface area contributed by atoms with E-state index in [1.807, 2.05) is 11.7 Å². The van der Waals surface area contributed by atoms with Crippen LogP contribution in [0.2, 0.25) is 0 Å². The van der Waals surface area contributed by atoms with Gasteiger partial charge in [0.25, 0.3) is 5.91 Å². The summed E-state index contributed by atoms with van der Waals surface area (Å²) in [6.45, 7) is 4.41. The summed E-state index contributed by atoms with van der Waals surface area (Å²) < 4.78 is 1.83. The fourth-order valence-electron chi connectivity index (χ4n) is 6.05. The van der Waals surface area contributed by atoms with Crippen molar-refractivity contribution in [3.8, 4) is 0 Å². The first-order valence-electron chi connectivity index (χ1n) is 10.7. The number of nitrogens with one attached hydrogen (secondary N) is 1. The first kappa shape index (κ1) is 18.2. The third-order valence-corrected chi connectivity index (χ3v) is 7.43. The van der Waals surface area contributed by atoms with Gasteiger partial charge in [-0.1, -0.05) is 11.6 Å². The molecule has 1 aliphatic heterocycles. The molecular formula is C21H31N5O2. The SMILES string of the molecule is Cn1ncc(C(=O)NC2CC3=CCC4CC3C2C4)c1N1CCN(CCO)CC1. The minimum Gasteiger partial charge on any atom is -0.395 e. The number of hydrogen-bond donors (Lipinski definition) is 2. The Morgan fingerprint density at radius 1 is 1.29 bits per heavy atom. The van der Waals surface area contributed by atoms with Gasteiger partial charge in [-0.25, -0.2) is 0 Å². The molecule has 4 atom stereocenters. The molecule has 2 bridgehead atoms. The Bertz CT molecular complexity index is 780. The zero-order chi connectivity index (χ0) is 19.3. The van der Waals surface area contributed by atoms with Gasteiger partial charge in [-0.15, -0.1) is 0 Å². The molecule has 1 aromatic heterocycles. The van der Waals surface area contributed by atoms with Crippen LogP contribution in [0.5, 0.6) is 0 Å². The summed E-state index contributed by atoms with van der Waals surface area (Å²) in [5, 5.41) is 16.9. The lowest BCUT2D eigenvalue weighted by Crippen LogP contribution is -2.48. The predicted octanol–water partition coefficient (Wildman–Crippen LogP) is 1.01. The van der Waals surface area contributed by atoms with Gasteiger partial charge in [0.1, 0.15) is 11.4 Å². The van der Waals surface area contributed by atoms with Gasteiger partial charge in [-0.2, -0.15) is 5.10 Å². The van der Waals surface area contributed by atoms with E-state index < -0.39 is 0 Å². The fraction of sp³-hybridized carbons (Fsp3) is 0.714. The number of nitrogens with zero attached hydrogens (tertiary/aromatic N) is 4. The summed E-state index contributed by atoms with van der Waals surface area (Å²) in [6.07, 6.45) is 9.05. The number of carbonyl (C=O) groups excluding carboxylic acids is 1. The topological polar surface area (TPSA) is 73.6 Å². The van der Waals surface area contributed by atoms with Crippen molar-refractivity contribution in [1.29, 1.82) is 0 Å². The van der Waals surface area contributed by atoms with E-state index in [-0.39, 0.29) is 18.6 Å². The van der Waals surface area contributed by atoms with Gasteiger partial charge < -0.3 is 15.3 Å². The number of allylic oxidation sites excluding steroid dienone is 1. The summed E-state index contributed by atoms with van der Waals surface area (Å²) in [4.78, 5) is 17.7. The van der Waals surface area contributed by atoms with Crippen molar-refractivity contribution >= 4 is 11.7 Å². The van der Waals surface area contributed by atoms with Crippen molar-refractivity contribution in [3.63, 3.8) is 0 Å². The number of aromatic nitrogens is 2. The molecule has 7 heteroatoms. The molecule has 0 radical (unpaired) electrons. The van der Waals surface area contributed by atoms with Crippen molar-refractivity contribution in [2.75, 3.05) is 44.2 Å². The Hall–Kier alpha value is -1.86. The van der Waals surface area contributed by atoms with Crippen LogP contribution in [0.25, 0.3) is 0 Å². The molecule has 3 fully saturated rings. The van der Waals surface area contributed by atoms with Crippen molar-refractivity contribution in [1.82, 2.24) is 20.0 Å². The largest absolute Gasteiger partial charge is 0.395 e. The molecule has 4 unspecified atom stereocenters. The molecule has 1 amide bonds. The highest BCUT2D eigenvalue weighted by atomic mass is 16.3. The number of aryl methyl sites for hydroxylation is 1. The molecule has 0 aromatic carbocycles. The van der Waals surface area contributed by atoms with Crippen molar-refractivity contribution < 1.29 is 9.90 Å². The zero-order valence-corrected chi connectivity index (χ0v) is 16.7. The van der Waals surface area contributed by atoms with Crippen molar-refractivity contribution in [2.45, 2.75) is 31.7 Å². The predicted molar refractivity (Wildman–Crippen MR) is 107 cm³/mol. The first-order valence-corrected chi connectivity index (χ1v) is 10.7. The van der Waals surface area contributed by atoms with Crippen LogP contribution in [0.1, 0.15) is 36.0 Å². The van der Waals surface area contributed by atoms with Crippen LogP contribution in [0.3, 0.4) is 0 Å². The van der Waals surface area contributed by atoms with E-state index in [4.69, 9.17) is 5.11 Å². The summed E-state index contributed by atoms with van der Waals surface area (Å²) in [6, 6.07) is 0.281. The third-order valence-electron chi connectivity index (χ3n) is 7.43. The summed E-state index contributed by atoms with van der Waals surface area (Å²) in [5.41, 5.74) is 2.29. The van der Waals surface area contributed by atoms with E-state index in [9.17, 15) is 4.79 Å². The van der Waals surface area contributed by atoms with Gasteiger partial charge in [0.05, 0.1) is 12.8 Å². The molecule has 5 rings (SSSR count). The standard InChI is InChI=1S/C21H31N5O2/c1-24-21(26-6-4-25(5-7-26)8-9-27)18(13-22-24)20(28)23-19-12-15-3-2-14-10-16(15)17(19)11-14/h3,13-14,16-17,19,27H,2,4-12H2,1H3,(H,23,28). The monoisotopic (exact) mass is 385 g/mol. The molecule has 1 aromatic rings. The lowest BCUT2D eigenvalue weighted by molar-refractivity contribution is 0.0926. The number of aliphatic hydroxyl groups is 1. The Morgan fingerprint density at radius 2 is 2.11 bits per heavy atom. The van der Waals surface area contributed by atoms with Gasteiger partial charge in [0, 0.05) is 45.8 Å². The summed E-state index contributed by atoms with van der Waals surface area (Å²) in [7, 11) is 1.92. The Labute approximate surface area is 166 Å². The molecule has 2 heterocycles. The lowest BCUT2D eigenvalue weighted by atomic mass is 9.89. The molecule has 2 saturated carbocycles. The molecule has 28 heavy (non-hydrogen) atoms. The summed E-state index contributed by atoms with van der Waals surface area (Å²) in [5.74, 6) is 3.13. The second-order valence-corrected chi connectivity index (χ2v) is 8.96. The number of amides is 1. The minimum absolute atomic E-state index is 0.0231. The number of fused-ring (bicyclic) bond motifs is 1. The Balaban J connectivity index is 1.29. The Kier molecular flexibility index (Phi) is 4.67. The van der Waals surface area contributed by atoms with Gasteiger partial charge >= 0.3 is 0 Å². The van der Waals surface area contributed by atoms with Crippen LogP contribution >= 0.6 is 0 Å². The number of carbonyl (C=O) groups is 1. The van der Waals surface area contributed by atoms with Gasteiger partial charge in [0.15, 0.2) is 0 Å². The zero-order valence-electron chi connectivity index (χ0n) is 16.7. The van der Waals surface area contributed by atoms with Crippen LogP contribution in [0.4, 0.5) is 5.82 Å². The van der Waals surface area contributed by atoms with Crippen molar-refractivity contribution in [2.24, 2.45) is 24.8 Å². The van der Waals surface area contributed by atoms with Crippen LogP contribution in [-0.4, -0.2) is 71.1 Å². The molecule has 3 aliphatic carbocycles. The number of piperazine rings is 1. The highest BCUT2D eigenvalue weighted by molar-refractivity contribution is 5.99. The molecular weight excluding hydrogens is 354 g/mol. The highest BCUT2D eigenvalue weighted by Crippen LogP contribution is 2.54. The lowest BCUT2D eigenvalue weighted by Gasteiger charge is -2.36. The minimum atomic E-state index is 0.0231. The van der Waals surface area contributed by atoms with E-state index in [0.717, 1.165) is 50.3 Å². The first-order chi connectivity index (χ1) is 13.6. The maximum absolute atomic E-state index is 13.2. The molecule has 2 N–H and O–H groups in total. The van der Waals surface area contributed by atoms with E-state index in [0.29, 0.717) is 18.0 Å². The van der Waals surface area contributed by atoms with E-state index in [1.165, 1.54) is 19.3 Å². The third kappa shape index (κ3) is 3.05. The molecule has 1 saturated heterocycles. The maximum Gasteiger partial charge on any atom is 0.256 e. The average molecular weight is 386 g/mol. The molecule has 152 valence electrons. The highest BCUT2D eigenvalue weighted by Gasteiger charge is 2.48. The van der Waals surface area contributed by atoms with Crippen LogP contribution in [-0.2, 0) is 7.05 Å². The number of anilines is 1. The Morgan fingerprint density at radius 3 is 2.89 bits per heavy atom. The van der Waals surface area contributed by atoms with Crippen LogP contribution in [0.15, 0.2) is 17.8 Å². The van der Waals surface area contributed by atoms with Gasteiger partial charge in [-0.3, -0.25) is 14.4 Å². The molecule has 4 aliphatic rings. The quantitative estimate of drug-likeness (QED) is 0.740. The fourth-order valence-corrected chi connectivity index (χ4v) is 6.05. The normalized spacial score (nSPS) is 31.9. The smallest absolute Gasteiger partial charge is 0.256 e.